The highest BCUT2D eigenvalue weighted by atomic mass is 16.5. The third-order valence-corrected chi connectivity index (χ3v) is 6.46. The van der Waals surface area contributed by atoms with Crippen molar-refractivity contribution < 1.29 is 19.4 Å². The summed E-state index contributed by atoms with van der Waals surface area (Å²) < 4.78 is 5.55. The Bertz CT molecular complexity index is 1110. The Labute approximate surface area is 180 Å². The lowest BCUT2D eigenvalue weighted by Crippen LogP contribution is -2.45. The smallest absolute Gasteiger partial charge is 0.407 e. The van der Waals surface area contributed by atoms with Gasteiger partial charge in [0.05, 0.1) is 0 Å². The van der Waals surface area contributed by atoms with E-state index in [9.17, 15) is 14.7 Å². The Morgan fingerprint density at radius 2 is 1.48 bits per heavy atom. The second-order valence-electron chi connectivity index (χ2n) is 8.13. The molecule has 2 aliphatic carbocycles. The van der Waals surface area contributed by atoms with E-state index in [4.69, 9.17) is 4.74 Å². The van der Waals surface area contributed by atoms with Crippen molar-refractivity contribution in [3.8, 4) is 11.1 Å². The molecule has 5 heteroatoms. The highest BCUT2D eigenvalue weighted by molar-refractivity contribution is 5.82. The fraction of sp³-hybridized carbons (Fsp3) is 0.231. The molecule has 0 bridgehead atoms. The minimum Gasteiger partial charge on any atom is -0.480 e. The molecule has 1 unspecified atom stereocenters. The van der Waals surface area contributed by atoms with E-state index in [1.54, 1.807) is 0 Å². The first-order valence-corrected chi connectivity index (χ1v) is 10.6. The molecule has 2 N–H and O–H groups in total. The van der Waals surface area contributed by atoms with Gasteiger partial charge in [-0.05, 0) is 46.2 Å². The summed E-state index contributed by atoms with van der Waals surface area (Å²) in [5.41, 5.74) is 6.69. The molecule has 0 saturated carbocycles. The lowest BCUT2D eigenvalue weighted by molar-refractivity contribution is -0.140. The van der Waals surface area contributed by atoms with Crippen LogP contribution >= 0.6 is 0 Å². The minimum absolute atomic E-state index is 0.0614. The molecule has 5 rings (SSSR count). The molecule has 3 aromatic carbocycles. The number of nitrogens with one attached hydrogen (secondary N) is 1. The van der Waals surface area contributed by atoms with Crippen LogP contribution in [0.15, 0.2) is 72.8 Å². The van der Waals surface area contributed by atoms with Crippen molar-refractivity contribution in [2.45, 2.75) is 30.7 Å². The van der Waals surface area contributed by atoms with Crippen LogP contribution in [0.5, 0.6) is 0 Å². The van der Waals surface area contributed by atoms with E-state index in [1.807, 2.05) is 48.5 Å². The normalized spacial score (nSPS) is 17.4. The van der Waals surface area contributed by atoms with Gasteiger partial charge in [-0.3, -0.25) is 0 Å². The van der Waals surface area contributed by atoms with Gasteiger partial charge in [0, 0.05) is 11.8 Å². The molecule has 3 aromatic rings. The van der Waals surface area contributed by atoms with Crippen molar-refractivity contribution in [2.75, 3.05) is 6.61 Å². The molecule has 0 fully saturated rings. The van der Waals surface area contributed by atoms with E-state index >= 15 is 0 Å². The third-order valence-electron chi connectivity index (χ3n) is 6.46. The molecule has 31 heavy (non-hydrogen) atoms. The quantitative estimate of drug-likeness (QED) is 0.635. The standard InChI is InChI=1S/C26H23NO4/c28-25(29)24(22-14-13-16-7-1-2-8-17(16)22)27-26(30)31-15-23-20-11-5-3-9-18(20)19-10-4-6-12-21(19)23/h1-12,22-24H,13-15H2,(H,27,30)(H,28,29)/t22?,24-/m0/s1. The topological polar surface area (TPSA) is 75.6 Å². The number of aryl methyl sites for hydroxylation is 1. The Kier molecular flexibility index (Phi) is 4.94. The van der Waals surface area contributed by atoms with Gasteiger partial charge in [-0.25, -0.2) is 9.59 Å². The molecule has 0 heterocycles. The molecular weight excluding hydrogens is 390 g/mol. The zero-order valence-corrected chi connectivity index (χ0v) is 17.0. The summed E-state index contributed by atoms with van der Waals surface area (Å²) in [5.74, 6) is -1.36. The van der Waals surface area contributed by atoms with E-state index in [2.05, 4.69) is 29.6 Å². The minimum atomic E-state index is -1.05. The number of carboxylic acid groups (broad SMARTS) is 1. The fourth-order valence-corrected chi connectivity index (χ4v) is 5.04. The lowest BCUT2D eigenvalue weighted by Gasteiger charge is -2.22. The van der Waals surface area contributed by atoms with Gasteiger partial charge in [0.15, 0.2) is 0 Å². The molecule has 5 nitrogen and oxygen atoms in total. The van der Waals surface area contributed by atoms with E-state index in [0.29, 0.717) is 6.42 Å². The maximum Gasteiger partial charge on any atom is 0.407 e. The number of carbonyl (C=O) groups is 2. The second kappa shape index (κ2) is 7.91. The molecule has 0 aliphatic heterocycles. The van der Waals surface area contributed by atoms with Gasteiger partial charge < -0.3 is 15.2 Å². The molecular formula is C26H23NO4. The van der Waals surface area contributed by atoms with Crippen LogP contribution in [0, 0.1) is 0 Å². The van der Waals surface area contributed by atoms with Crippen LogP contribution in [0.25, 0.3) is 11.1 Å². The van der Waals surface area contributed by atoms with Crippen LogP contribution in [0.2, 0.25) is 0 Å². The second-order valence-corrected chi connectivity index (χ2v) is 8.13. The largest absolute Gasteiger partial charge is 0.480 e. The number of fused-ring (bicyclic) bond motifs is 4. The number of alkyl carbamates (subject to hydrolysis) is 1. The predicted molar refractivity (Wildman–Crippen MR) is 117 cm³/mol. The number of carboxylic acids is 1. The highest BCUT2D eigenvalue weighted by Gasteiger charge is 2.36. The molecule has 0 saturated heterocycles. The number of ether oxygens (including phenoxy) is 1. The fourth-order valence-electron chi connectivity index (χ4n) is 5.04. The number of rotatable bonds is 5. The molecule has 1 amide bonds. The Morgan fingerprint density at radius 1 is 0.903 bits per heavy atom. The first kappa shape index (κ1) is 19.4. The van der Waals surface area contributed by atoms with Crippen LogP contribution in [0.3, 0.4) is 0 Å². The van der Waals surface area contributed by atoms with Crippen LogP contribution in [-0.4, -0.2) is 29.8 Å². The monoisotopic (exact) mass is 413 g/mol. The average Bonchev–Trinajstić information content (AvgIpc) is 3.35. The Hall–Kier alpha value is -3.60. The van der Waals surface area contributed by atoms with Crippen molar-refractivity contribution in [2.24, 2.45) is 0 Å². The van der Waals surface area contributed by atoms with Crippen molar-refractivity contribution in [1.29, 1.82) is 0 Å². The summed E-state index contributed by atoms with van der Waals surface area (Å²) in [4.78, 5) is 24.6. The molecule has 2 aliphatic rings. The summed E-state index contributed by atoms with van der Waals surface area (Å²) >= 11 is 0. The van der Waals surface area contributed by atoms with Crippen molar-refractivity contribution >= 4 is 12.1 Å². The van der Waals surface area contributed by atoms with Crippen LogP contribution in [0.1, 0.15) is 40.5 Å². The third kappa shape index (κ3) is 3.46. The zero-order valence-electron chi connectivity index (χ0n) is 17.0. The van der Waals surface area contributed by atoms with Crippen LogP contribution < -0.4 is 5.32 Å². The van der Waals surface area contributed by atoms with Gasteiger partial charge in [0.2, 0.25) is 0 Å². The molecule has 156 valence electrons. The number of hydrogen-bond donors (Lipinski definition) is 2. The van der Waals surface area contributed by atoms with Crippen molar-refractivity contribution in [3.63, 3.8) is 0 Å². The average molecular weight is 413 g/mol. The number of benzene rings is 3. The SMILES string of the molecule is O=C(N[C@H](C(=O)O)C1CCc2ccccc21)OCC1c2ccccc2-c2ccccc21. The van der Waals surface area contributed by atoms with Crippen LogP contribution in [-0.2, 0) is 16.0 Å². The first-order chi connectivity index (χ1) is 15.1. The maximum atomic E-state index is 12.6. The number of amides is 1. The summed E-state index contributed by atoms with van der Waals surface area (Å²) in [7, 11) is 0. The van der Waals surface area contributed by atoms with Gasteiger partial charge in [0.25, 0.3) is 0 Å². The van der Waals surface area contributed by atoms with Crippen molar-refractivity contribution in [1.82, 2.24) is 5.32 Å². The van der Waals surface area contributed by atoms with E-state index in [-0.39, 0.29) is 18.4 Å². The summed E-state index contributed by atoms with van der Waals surface area (Å²) in [6.07, 6.45) is 0.815. The van der Waals surface area contributed by atoms with E-state index in [1.165, 1.54) is 0 Å². The van der Waals surface area contributed by atoms with E-state index in [0.717, 1.165) is 39.8 Å². The van der Waals surface area contributed by atoms with E-state index < -0.39 is 18.1 Å². The van der Waals surface area contributed by atoms with Gasteiger partial charge in [-0.1, -0.05) is 72.8 Å². The zero-order chi connectivity index (χ0) is 21.4. The van der Waals surface area contributed by atoms with Crippen LogP contribution in [0.4, 0.5) is 4.79 Å². The molecule has 2 atom stereocenters. The Balaban J connectivity index is 1.30. The first-order valence-electron chi connectivity index (χ1n) is 10.6. The number of hydrogen-bond acceptors (Lipinski definition) is 3. The lowest BCUT2D eigenvalue weighted by atomic mass is 9.93. The van der Waals surface area contributed by atoms with Gasteiger partial charge in [-0.15, -0.1) is 0 Å². The number of aliphatic carboxylic acids is 1. The summed E-state index contributed by atoms with van der Waals surface area (Å²) in [6.45, 7) is 0.160. The molecule has 0 spiro atoms. The molecule has 0 radical (unpaired) electrons. The van der Waals surface area contributed by atoms with Gasteiger partial charge >= 0.3 is 12.1 Å². The van der Waals surface area contributed by atoms with Crippen molar-refractivity contribution in [3.05, 3.63) is 95.1 Å². The Morgan fingerprint density at radius 3 is 2.13 bits per heavy atom. The highest BCUT2D eigenvalue weighted by Crippen LogP contribution is 2.44. The van der Waals surface area contributed by atoms with Gasteiger partial charge in [0.1, 0.15) is 12.6 Å². The predicted octanol–water partition coefficient (Wildman–Crippen LogP) is 4.71. The summed E-state index contributed by atoms with van der Waals surface area (Å²) in [6, 6.07) is 23.0. The summed E-state index contributed by atoms with van der Waals surface area (Å²) in [5, 5.41) is 12.4. The maximum absolute atomic E-state index is 12.6. The molecule has 0 aromatic heterocycles. The van der Waals surface area contributed by atoms with Gasteiger partial charge in [-0.2, -0.15) is 0 Å². The number of carbonyl (C=O) groups excluding carboxylic acids is 1.